The number of hydrogen-bond acceptors (Lipinski definition) is 2. The summed E-state index contributed by atoms with van der Waals surface area (Å²) in [5.74, 6) is 2.38. The van der Waals surface area contributed by atoms with Crippen LogP contribution in [-0.4, -0.2) is 18.1 Å². The lowest BCUT2D eigenvalue weighted by Crippen LogP contribution is -2.20. The maximum absolute atomic E-state index is 6.07. The first-order valence-electron chi connectivity index (χ1n) is 6.47. The molecule has 0 aliphatic carbocycles. The number of pyridine rings is 1. The van der Waals surface area contributed by atoms with Crippen molar-refractivity contribution in [1.82, 2.24) is 4.98 Å². The van der Waals surface area contributed by atoms with Crippen molar-refractivity contribution in [1.29, 1.82) is 0 Å². The van der Waals surface area contributed by atoms with Crippen molar-refractivity contribution < 1.29 is 0 Å². The van der Waals surface area contributed by atoms with E-state index < -0.39 is 0 Å². The van der Waals surface area contributed by atoms with Gasteiger partial charge in [-0.25, -0.2) is 4.98 Å². The van der Waals surface area contributed by atoms with E-state index in [1.54, 1.807) is 0 Å². The molecule has 1 unspecified atom stereocenters. The minimum absolute atomic E-state index is 0.541. The number of nitrogens with zero attached hydrogens (tertiary/aromatic N) is 2. The van der Waals surface area contributed by atoms with E-state index >= 15 is 0 Å². The highest BCUT2D eigenvalue weighted by molar-refractivity contribution is 6.18. The molecule has 18 heavy (non-hydrogen) atoms. The Morgan fingerprint density at radius 2 is 2.22 bits per heavy atom. The average Bonchev–Trinajstić information content (AvgIpc) is 2.84. The van der Waals surface area contributed by atoms with Gasteiger partial charge in [0.15, 0.2) is 0 Å². The fourth-order valence-corrected chi connectivity index (χ4v) is 2.87. The molecule has 0 bridgehead atoms. The van der Waals surface area contributed by atoms with Crippen LogP contribution < -0.4 is 4.90 Å². The summed E-state index contributed by atoms with van der Waals surface area (Å²) in [4.78, 5) is 7.14. The van der Waals surface area contributed by atoms with E-state index in [-0.39, 0.29) is 0 Å². The molecule has 1 saturated heterocycles. The lowest BCUT2D eigenvalue weighted by molar-refractivity contribution is 0.659. The van der Waals surface area contributed by atoms with Gasteiger partial charge in [0.25, 0.3) is 0 Å². The summed E-state index contributed by atoms with van der Waals surface area (Å²) in [6, 6.07) is 10.4. The van der Waals surface area contributed by atoms with Crippen molar-refractivity contribution in [2.24, 2.45) is 5.92 Å². The Labute approximate surface area is 113 Å². The van der Waals surface area contributed by atoms with Crippen LogP contribution in [0.3, 0.4) is 0 Å². The minimum atomic E-state index is 0.541. The van der Waals surface area contributed by atoms with Gasteiger partial charge in [0.2, 0.25) is 0 Å². The smallest absolute Gasteiger partial charge is 0.129 e. The number of anilines is 1. The molecule has 1 aliphatic heterocycles. The molecule has 2 aromatic rings. The number of alkyl halides is 1. The summed E-state index contributed by atoms with van der Waals surface area (Å²) in [5, 5.41) is 1.17. The monoisotopic (exact) mass is 260 g/mol. The van der Waals surface area contributed by atoms with Crippen LogP contribution in [0.25, 0.3) is 10.9 Å². The fourth-order valence-electron chi connectivity index (χ4n) is 2.65. The van der Waals surface area contributed by atoms with Gasteiger partial charge in [0.1, 0.15) is 5.82 Å². The zero-order chi connectivity index (χ0) is 12.5. The van der Waals surface area contributed by atoms with Gasteiger partial charge < -0.3 is 4.90 Å². The molecular weight excluding hydrogens is 244 g/mol. The Morgan fingerprint density at radius 3 is 2.94 bits per heavy atom. The first kappa shape index (κ1) is 11.8. The number of hydrogen-bond donors (Lipinski definition) is 0. The van der Waals surface area contributed by atoms with E-state index in [2.05, 4.69) is 30.0 Å². The molecule has 1 aromatic heterocycles. The summed E-state index contributed by atoms with van der Waals surface area (Å²) in [6.45, 7) is 4.50. The third-order valence-electron chi connectivity index (χ3n) is 3.68. The van der Waals surface area contributed by atoms with Crippen LogP contribution in [-0.2, 0) is 5.88 Å². The van der Waals surface area contributed by atoms with Crippen molar-refractivity contribution in [3.05, 3.63) is 35.9 Å². The molecule has 3 heteroatoms. The normalized spacial score (nSPS) is 19.7. The van der Waals surface area contributed by atoms with Crippen molar-refractivity contribution in [2.45, 2.75) is 19.2 Å². The van der Waals surface area contributed by atoms with Crippen molar-refractivity contribution in [3.63, 3.8) is 0 Å². The third-order valence-corrected chi connectivity index (χ3v) is 3.97. The van der Waals surface area contributed by atoms with Gasteiger partial charge in [-0.15, -0.1) is 11.6 Å². The van der Waals surface area contributed by atoms with Gasteiger partial charge in [0, 0.05) is 24.4 Å². The molecule has 2 heterocycles. The highest BCUT2D eigenvalue weighted by atomic mass is 35.5. The summed E-state index contributed by atoms with van der Waals surface area (Å²) in [7, 11) is 0. The van der Waals surface area contributed by atoms with Crippen molar-refractivity contribution >= 4 is 28.3 Å². The number of aromatic nitrogens is 1. The standard InChI is InChI=1S/C15H17ClN2/c1-11-6-7-18(10-11)15-8-12(9-16)13-4-2-3-5-14(13)17-15/h2-5,8,11H,6-7,9-10H2,1H3. The molecule has 1 aliphatic rings. The van der Waals surface area contributed by atoms with Gasteiger partial charge >= 0.3 is 0 Å². The lowest BCUT2D eigenvalue weighted by atomic mass is 10.1. The Morgan fingerprint density at radius 1 is 1.39 bits per heavy atom. The number of halogens is 1. The van der Waals surface area contributed by atoms with E-state index in [9.17, 15) is 0 Å². The molecule has 0 radical (unpaired) electrons. The summed E-state index contributed by atoms with van der Waals surface area (Å²) in [5.41, 5.74) is 2.22. The Hall–Kier alpha value is -1.28. The SMILES string of the molecule is CC1CCN(c2cc(CCl)c3ccccc3n2)C1. The number of rotatable bonds is 2. The molecule has 3 rings (SSSR count). The minimum Gasteiger partial charge on any atom is -0.356 e. The van der Waals surface area contributed by atoms with E-state index in [1.165, 1.54) is 17.4 Å². The first-order chi connectivity index (χ1) is 8.78. The lowest BCUT2D eigenvalue weighted by Gasteiger charge is -2.18. The Balaban J connectivity index is 2.08. The van der Waals surface area contributed by atoms with Crippen LogP contribution in [0, 0.1) is 5.92 Å². The predicted octanol–water partition coefficient (Wildman–Crippen LogP) is 3.82. The topological polar surface area (TPSA) is 16.1 Å². The van der Waals surface area contributed by atoms with Crippen LogP contribution in [0.1, 0.15) is 18.9 Å². The first-order valence-corrected chi connectivity index (χ1v) is 7.01. The number of para-hydroxylation sites is 1. The van der Waals surface area contributed by atoms with E-state index in [1.807, 2.05) is 12.1 Å². The second kappa shape index (κ2) is 4.77. The average molecular weight is 261 g/mol. The number of fused-ring (bicyclic) bond motifs is 1. The quantitative estimate of drug-likeness (QED) is 0.763. The molecule has 0 saturated carbocycles. The van der Waals surface area contributed by atoms with Gasteiger partial charge in [-0.2, -0.15) is 0 Å². The number of benzene rings is 1. The van der Waals surface area contributed by atoms with Gasteiger partial charge in [-0.05, 0) is 30.0 Å². The maximum atomic E-state index is 6.07. The Kier molecular flexibility index (Phi) is 3.13. The van der Waals surface area contributed by atoms with Crippen LogP contribution in [0.5, 0.6) is 0 Å². The Bertz CT molecular complexity index is 567. The second-order valence-electron chi connectivity index (χ2n) is 5.13. The maximum Gasteiger partial charge on any atom is 0.129 e. The molecule has 1 fully saturated rings. The van der Waals surface area contributed by atoms with Gasteiger partial charge in [0.05, 0.1) is 5.52 Å². The molecule has 0 amide bonds. The second-order valence-corrected chi connectivity index (χ2v) is 5.40. The third kappa shape index (κ3) is 2.05. The molecule has 94 valence electrons. The summed E-state index contributed by atoms with van der Waals surface area (Å²) in [6.07, 6.45) is 1.25. The van der Waals surface area contributed by atoms with Crippen LogP contribution in [0.2, 0.25) is 0 Å². The van der Waals surface area contributed by atoms with Gasteiger partial charge in [-0.3, -0.25) is 0 Å². The summed E-state index contributed by atoms with van der Waals surface area (Å²) >= 11 is 6.07. The van der Waals surface area contributed by atoms with Crippen molar-refractivity contribution in [3.8, 4) is 0 Å². The van der Waals surface area contributed by atoms with Crippen molar-refractivity contribution in [2.75, 3.05) is 18.0 Å². The van der Waals surface area contributed by atoms with Crippen LogP contribution in [0.4, 0.5) is 5.82 Å². The largest absolute Gasteiger partial charge is 0.356 e. The molecule has 1 aromatic carbocycles. The summed E-state index contributed by atoms with van der Waals surface area (Å²) < 4.78 is 0. The van der Waals surface area contributed by atoms with Gasteiger partial charge in [-0.1, -0.05) is 25.1 Å². The highest BCUT2D eigenvalue weighted by Gasteiger charge is 2.20. The van der Waals surface area contributed by atoms with Crippen LogP contribution in [0.15, 0.2) is 30.3 Å². The van der Waals surface area contributed by atoms with E-state index in [0.717, 1.165) is 30.3 Å². The molecule has 0 N–H and O–H groups in total. The zero-order valence-corrected chi connectivity index (χ0v) is 11.3. The predicted molar refractivity (Wildman–Crippen MR) is 77.3 cm³/mol. The molecule has 0 spiro atoms. The molecular formula is C15H17ClN2. The zero-order valence-electron chi connectivity index (χ0n) is 10.6. The highest BCUT2D eigenvalue weighted by Crippen LogP contribution is 2.27. The molecule has 1 atom stereocenters. The van der Waals surface area contributed by atoms with E-state index in [4.69, 9.17) is 16.6 Å². The van der Waals surface area contributed by atoms with E-state index in [0.29, 0.717) is 5.88 Å². The fraction of sp³-hybridized carbons (Fsp3) is 0.400. The molecule has 2 nitrogen and oxygen atoms in total. The van der Waals surface area contributed by atoms with Crippen LogP contribution >= 0.6 is 11.6 Å².